The highest BCUT2D eigenvalue weighted by molar-refractivity contribution is 7.09. The molecule has 2 nitrogen and oxygen atoms in total. The summed E-state index contributed by atoms with van der Waals surface area (Å²) in [6, 6.07) is 4.76. The van der Waals surface area contributed by atoms with E-state index in [1.807, 2.05) is 11.3 Å². The first-order chi connectivity index (χ1) is 9.81. The van der Waals surface area contributed by atoms with Crippen LogP contribution in [0.1, 0.15) is 56.2 Å². The van der Waals surface area contributed by atoms with Crippen molar-refractivity contribution in [2.45, 2.75) is 69.4 Å². The van der Waals surface area contributed by atoms with Crippen molar-refractivity contribution in [3.05, 3.63) is 22.4 Å². The summed E-state index contributed by atoms with van der Waals surface area (Å²) in [5, 5.41) is 2.18. The summed E-state index contributed by atoms with van der Waals surface area (Å²) >= 11 is 1.87. The molecule has 2 heterocycles. The lowest BCUT2D eigenvalue weighted by Crippen LogP contribution is -2.59. The number of hydrogen-bond acceptors (Lipinski definition) is 3. The van der Waals surface area contributed by atoms with Crippen molar-refractivity contribution in [2.24, 2.45) is 5.73 Å². The van der Waals surface area contributed by atoms with Crippen molar-refractivity contribution in [3.8, 4) is 0 Å². The summed E-state index contributed by atoms with van der Waals surface area (Å²) in [6.45, 7) is 2.57. The highest BCUT2D eigenvalue weighted by Crippen LogP contribution is 2.40. The quantitative estimate of drug-likeness (QED) is 0.894. The molecule has 2 fully saturated rings. The minimum Gasteiger partial charge on any atom is -0.326 e. The van der Waals surface area contributed by atoms with Gasteiger partial charge in [-0.05, 0) is 63.1 Å². The van der Waals surface area contributed by atoms with Gasteiger partial charge >= 0.3 is 0 Å². The average molecular weight is 292 g/mol. The normalized spacial score (nSPS) is 24.9. The Bertz CT molecular complexity index is 389. The Kier molecular flexibility index (Phi) is 4.79. The first kappa shape index (κ1) is 14.6. The van der Waals surface area contributed by atoms with Crippen molar-refractivity contribution < 1.29 is 0 Å². The third kappa shape index (κ3) is 2.95. The van der Waals surface area contributed by atoms with E-state index in [4.69, 9.17) is 5.73 Å². The molecule has 3 heteroatoms. The summed E-state index contributed by atoms with van der Waals surface area (Å²) in [6.07, 6.45) is 11.9. The van der Waals surface area contributed by atoms with Gasteiger partial charge in [-0.3, -0.25) is 4.90 Å². The predicted molar refractivity (Wildman–Crippen MR) is 87.2 cm³/mol. The van der Waals surface area contributed by atoms with Gasteiger partial charge in [0.2, 0.25) is 0 Å². The second-order valence-corrected chi connectivity index (χ2v) is 7.62. The van der Waals surface area contributed by atoms with Crippen molar-refractivity contribution >= 4 is 11.3 Å². The van der Waals surface area contributed by atoms with Crippen LogP contribution in [-0.4, -0.2) is 29.6 Å². The van der Waals surface area contributed by atoms with Gasteiger partial charge in [0.25, 0.3) is 0 Å². The second kappa shape index (κ2) is 6.59. The summed E-state index contributed by atoms with van der Waals surface area (Å²) in [5.74, 6) is 0. The molecule has 1 aliphatic carbocycles. The van der Waals surface area contributed by atoms with Gasteiger partial charge in [0.05, 0.1) is 0 Å². The standard InChI is InChI=1S/C17H28N2S/c18-16(9-8-15-7-6-14-20-15)17(10-2-3-11-17)19-12-4-1-5-13-19/h6-7,14,16H,1-5,8-13,18H2. The molecule has 3 rings (SSSR count). The van der Waals surface area contributed by atoms with E-state index in [1.165, 1.54) is 62.9 Å². The molecule has 2 N–H and O–H groups in total. The Balaban J connectivity index is 1.65. The van der Waals surface area contributed by atoms with Crippen LogP contribution >= 0.6 is 11.3 Å². The monoisotopic (exact) mass is 292 g/mol. The lowest BCUT2D eigenvalue weighted by atomic mass is 9.82. The van der Waals surface area contributed by atoms with Crippen LogP contribution in [0.3, 0.4) is 0 Å². The van der Waals surface area contributed by atoms with Gasteiger partial charge in [0.15, 0.2) is 0 Å². The van der Waals surface area contributed by atoms with E-state index < -0.39 is 0 Å². The summed E-state index contributed by atoms with van der Waals surface area (Å²) in [5.41, 5.74) is 7.06. The van der Waals surface area contributed by atoms with Gasteiger partial charge in [0.1, 0.15) is 0 Å². The van der Waals surface area contributed by atoms with Gasteiger partial charge in [-0.15, -0.1) is 11.3 Å². The molecule has 20 heavy (non-hydrogen) atoms. The second-order valence-electron chi connectivity index (χ2n) is 6.58. The number of nitrogens with two attached hydrogens (primary N) is 1. The lowest BCUT2D eigenvalue weighted by molar-refractivity contribution is 0.0459. The van der Waals surface area contributed by atoms with E-state index in [0.717, 1.165) is 12.8 Å². The van der Waals surface area contributed by atoms with Gasteiger partial charge in [0, 0.05) is 16.5 Å². The minimum atomic E-state index is 0.331. The van der Waals surface area contributed by atoms with Crippen LogP contribution in [0.25, 0.3) is 0 Å². The maximum atomic E-state index is 6.72. The first-order valence-corrected chi connectivity index (χ1v) is 9.22. The molecule has 112 valence electrons. The Morgan fingerprint density at radius 1 is 1.15 bits per heavy atom. The molecule has 0 amide bonds. The smallest absolute Gasteiger partial charge is 0.0360 e. The fourth-order valence-electron chi connectivity index (χ4n) is 4.27. The Morgan fingerprint density at radius 3 is 2.55 bits per heavy atom. The van der Waals surface area contributed by atoms with Crippen molar-refractivity contribution in [2.75, 3.05) is 13.1 Å². The Hall–Kier alpha value is -0.380. The number of aryl methyl sites for hydroxylation is 1. The zero-order chi connectivity index (χ0) is 13.8. The number of rotatable bonds is 5. The number of nitrogens with zero attached hydrogens (tertiary/aromatic N) is 1. The molecule has 0 aromatic carbocycles. The van der Waals surface area contributed by atoms with Crippen molar-refractivity contribution in [1.29, 1.82) is 0 Å². The number of likely N-dealkylation sites (tertiary alicyclic amines) is 1. The highest BCUT2D eigenvalue weighted by atomic mass is 32.1. The molecular formula is C17H28N2S. The van der Waals surface area contributed by atoms with E-state index in [9.17, 15) is 0 Å². The summed E-state index contributed by atoms with van der Waals surface area (Å²) in [4.78, 5) is 4.26. The first-order valence-electron chi connectivity index (χ1n) is 8.34. The summed E-state index contributed by atoms with van der Waals surface area (Å²) < 4.78 is 0. The molecule has 1 saturated heterocycles. The van der Waals surface area contributed by atoms with Crippen molar-refractivity contribution in [3.63, 3.8) is 0 Å². The van der Waals surface area contributed by atoms with E-state index in [2.05, 4.69) is 22.4 Å². The molecule has 1 aliphatic heterocycles. The molecule has 0 bridgehead atoms. The molecule has 0 spiro atoms. The molecule has 1 atom stereocenters. The van der Waals surface area contributed by atoms with Crippen molar-refractivity contribution in [1.82, 2.24) is 4.90 Å². The third-order valence-corrected chi connectivity index (χ3v) is 6.36. The van der Waals surface area contributed by atoms with E-state index in [0.29, 0.717) is 11.6 Å². The SMILES string of the molecule is NC(CCc1cccs1)C1(N2CCCCC2)CCCC1. The van der Waals surface area contributed by atoms with Crippen LogP contribution < -0.4 is 5.73 Å². The maximum absolute atomic E-state index is 6.72. The van der Waals surface area contributed by atoms with Gasteiger partial charge in [-0.1, -0.05) is 25.3 Å². The Labute approximate surface area is 127 Å². The van der Waals surface area contributed by atoms with Crippen LogP contribution in [0.2, 0.25) is 0 Å². The fourth-order valence-corrected chi connectivity index (χ4v) is 4.99. The maximum Gasteiger partial charge on any atom is 0.0360 e. The highest BCUT2D eigenvalue weighted by Gasteiger charge is 2.44. The number of piperidine rings is 1. The molecule has 1 aromatic rings. The lowest BCUT2D eigenvalue weighted by Gasteiger charge is -2.47. The van der Waals surface area contributed by atoms with E-state index >= 15 is 0 Å². The van der Waals surface area contributed by atoms with Crippen LogP contribution in [0.5, 0.6) is 0 Å². The largest absolute Gasteiger partial charge is 0.326 e. The number of thiophene rings is 1. The topological polar surface area (TPSA) is 29.3 Å². The van der Waals surface area contributed by atoms with Crippen LogP contribution in [0, 0.1) is 0 Å². The molecule has 2 aliphatic rings. The minimum absolute atomic E-state index is 0.331. The molecule has 0 radical (unpaired) electrons. The average Bonchev–Trinajstić information content (AvgIpc) is 3.18. The van der Waals surface area contributed by atoms with E-state index in [1.54, 1.807) is 0 Å². The van der Waals surface area contributed by atoms with Crippen LogP contribution in [0.15, 0.2) is 17.5 Å². The molecule has 1 aromatic heterocycles. The van der Waals surface area contributed by atoms with Crippen LogP contribution in [-0.2, 0) is 6.42 Å². The zero-order valence-electron chi connectivity index (χ0n) is 12.5. The van der Waals surface area contributed by atoms with Gasteiger partial charge in [-0.25, -0.2) is 0 Å². The Morgan fingerprint density at radius 2 is 1.90 bits per heavy atom. The molecule has 1 unspecified atom stereocenters. The predicted octanol–water partition coefficient (Wildman–Crippen LogP) is 3.81. The zero-order valence-corrected chi connectivity index (χ0v) is 13.3. The fraction of sp³-hybridized carbons (Fsp3) is 0.765. The molecule has 1 saturated carbocycles. The molecular weight excluding hydrogens is 264 g/mol. The third-order valence-electron chi connectivity index (χ3n) is 5.43. The number of hydrogen-bond donors (Lipinski definition) is 1. The van der Waals surface area contributed by atoms with Gasteiger partial charge in [-0.2, -0.15) is 0 Å². The van der Waals surface area contributed by atoms with E-state index in [-0.39, 0.29) is 0 Å². The van der Waals surface area contributed by atoms with Crippen LogP contribution in [0.4, 0.5) is 0 Å². The summed E-state index contributed by atoms with van der Waals surface area (Å²) in [7, 11) is 0. The van der Waals surface area contributed by atoms with Gasteiger partial charge < -0.3 is 5.73 Å².